The molecule has 2 rings (SSSR count). The molecule has 20 heavy (non-hydrogen) atoms. The first kappa shape index (κ1) is 15.3. The van der Waals surface area contributed by atoms with Crippen LogP contribution in [0.25, 0.3) is 11.0 Å². The number of ether oxygens (including phenoxy) is 1. The predicted molar refractivity (Wildman–Crippen MR) is 81.8 cm³/mol. The van der Waals surface area contributed by atoms with Crippen molar-refractivity contribution in [2.45, 2.75) is 26.3 Å². The Morgan fingerprint density at radius 1 is 1.35 bits per heavy atom. The maximum absolute atomic E-state index is 11.8. The molecular weight excluding hydrogens is 321 g/mol. The van der Waals surface area contributed by atoms with Crippen molar-refractivity contribution >= 4 is 57.6 Å². The molecule has 0 fully saturated rings. The number of carbonyl (C=O) groups excluding carboxylic acids is 1. The molecule has 0 bridgehead atoms. The Kier molecular flexibility index (Phi) is 5.01. The van der Waals surface area contributed by atoms with Gasteiger partial charge in [0.15, 0.2) is 0 Å². The summed E-state index contributed by atoms with van der Waals surface area (Å²) in [7, 11) is 0. The number of carbonyl (C=O) groups is 1. The zero-order valence-electron chi connectivity index (χ0n) is 10.9. The summed E-state index contributed by atoms with van der Waals surface area (Å²) in [6.07, 6.45) is 0.566. The summed E-state index contributed by atoms with van der Waals surface area (Å²) in [6, 6.07) is 1.10. The maximum Gasteiger partial charge on any atom is 0.328 e. The fourth-order valence-corrected chi connectivity index (χ4v) is 2.92. The highest BCUT2D eigenvalue weighted by Gasteiger charge is 2.21. The van der Waals surface area contributed by atoms with Crippen molar-refractivity contribution in [3.05, 3.63) is 16.1 Å². The van der Waals surface area contributed by atoms with Crippen molar-refractivity contribution in [3.8, 4) is 0 Å². The molecule has 1 unspecified atom stereocenters. The number of fused-ring (bicyclic) bond motifs is 1. The Labute approximate surface area is 130 Å². The van der Waals surface area contributed by atoms with E-state index in [4.69, 9.17) is 27.9 Å². The Hall–Kier alpha value is -1.11. The number of nitrogens with one attached hydrogen (secondary N) is 1. The van der Waals surface area contributed by atoms with Gasteiger partial charge in [0.05, 0.1) is 34.1 Å². The van der Waals surface area contributed by atoms with Crippen LogP contribution in [0.1, 0.15) is 20.3 Å². The van der Waals surface area contributed by atoms with Crippen LogP contribution >= 0.6 is 34.9 Å². The third-order valence-electron chi connectivity index (χ3n) is 2.74. The number of hydrogen-bond donors (Lipinski definition) is 1. The summed E-state index contributed by atoms with van der Waals surface area (Å²) in [4.78, 5) is 11.8. The molecule has 8 heteroatoms. The van der Waals surface area contributed by atoms with E-state index in [9.17, 15) is 4.79 Å². The molecule has 1 N–H and O–H groups in total. The highest BCUT2D eigenvalue weighted by atomic mass is 35.5. The van der Waals surface area contributed by atoms with Gasteiger partial charge in [-0.3, -0.25) is 0 Å². The summed E-state index contributed by atoms with van der Waals surface area (Å²) >= 11 is 13.3. The molecule has 0 saturated heterocycles. The summed E-state index contributed by atoms with van der Waals surface area (Å²) in [6.45, 7) is 3.98. The number of nitrogens with zero attached hydrogens (tertiary/aromatic N) is 2. The average Bonchev–Trinajstić information content (AvgIpc) is 2.88. The Bertz CT molecular complexity index is 632. The number of rotatable bonds is 5. The third kappa shape index (κ3) is 2.97. The van der Waals surface area contributed by atoms with E-state index in [1.54, 1.807) is 13.0 Å². The van der Waals surface area contributed by atoms with Gasteiger partial charge < -0.3 is 10.1 Å². The van der Waals surface area contributed by atoms with Crippen LogP contribution < -0.4 is 5.32 Å². The highest BCUT2D eigenvalue weighted by molar-refractivity contribution is 7.00. The first-order chi connectivity index (χ1) is 9.58. The zero-order valence-corrected chi connectivity index (χ0v) is 13.3. The van der Waals surface area contributed by atoms with Crippen LogP contribution in [0.15, 0.2) is 6.07 Å². The van der Waals surface area contributed by atoms with Gasteiger partial charge in [-0.2, -0.15) is 8.75 Å². The van der Waals surface area contributed by atoms with Crippen LogP contribution in [-0.2, 0) is 9.53 Å². The molecule has 0 aliphatic rings. The van der Waals surface area contributed by atoms with Gasteiger partial charge in [0.2, 0.25) is 0 Å². The van der Waals surface area contributed by atoms with Crippen molar-refractivity contribution < 1.29 is 9.53 Å². The molecule has 1 aromatic carbocycles. The van der Waals surface area contributed by atoms with Crippen LogP contribution in [0, 0.1) is 0 Å². The molecule has 108 valence electrons. The van der Waals surface area contributed by atoms with Gasteiger partial charge in [-0.1, -0.05) is 30.1 Å². The molecular formula is C12H13Cl2N3O2S. The Morgan fingerprint density at radius 2 is 2.05 bits per heavy atom. The van der Waals surface area contributed by atoms with Gasteiger partial charge in [-0.05, 0) is 19.4 Å². The Morgan fingerprint density at radius 3 is 2.70 bits per heavy atom. The number of halogens is 2. The number of aromatic nitrogens is 2. The molecule has 1 atom stereocenters. The van der Waals surface area contributed by atoms with E-state index in [1.165, 1.54) is 0 Å². The minimum Gasteiger partial charge on any atom is -0.464 e. The first-order valence-corrected chi connectivity index (χ1v) is 7.60. The van der Waals surface area contributed by atoms with E-state index in [2.05, 4.69) is 14.1 Å². The van der Waals surface area contributed by atoms with Crippen molar-refractivity contribution in [3.63, 3.8) is 0 Å². The zero-order chi connectivity index (χ0) is 14.7. The average molecular weight is 334 g/mol. The smallest absolute Gasteiger partial charge is 0.328 e. The number of esters is 1. The SMILES string of the molecule is CCOC(=O)C(CC)Nc1c(Cl)cc(Cl)c2nsnc12. The lowest BCUT2D eigenvalue weighted by Gasteiger charge is -2.17. The van der Waals surface area contributed by atoms with E-state index in [-0.39, 0.29) is 5.97 Å². The predicted octanol–water partition coefficient (Wildman–Crippen LogP) is 3.75. The van der Waals surface area contributed by atoms with E-state index < -0.39 is 6.04 Å². The normalized spacial score (nSPS) is 12.4. The number of anilines is 1. The molecule has 0 aliphatic heterocycles. The topological polar surface area (TPSA) is 64.1 Å². The van der Waals surface area contributed by atoms with Gasteiger partial charge in [0, 0.05) is 0 Å². The van der Waals surface area contributed by atoms with Crippen LogP contribution in [0.5, 0.6) is 0 Å². The van der Waals surface area contributed by atoms with E-state index in [0.717, 1.165) is 11.7 Å². The molecule has 1 aromatic heterocycles. The quantitative estimate of drug-likeness (QED) is 0.844. The van der Waals surface area contributed by atoms with Gasteiger partial charge in [0.1, 0.15) is 17.1 Å². The standard InChI is InChI=1S/C12H13Cl2N3O2S/c1-3-8(12(18)19-4-2)15-9-6(13)5-7(14)10-11(9)17-20-16-10/h5,8,15H,3-4H2,1-2H3. The largest absolute Gasteiger partial charge is 0.464 e. The summed E-state index contributed by atoms with van der Waals surface area (Å²) < 4.78 is 13.3. The van der Waals surface area contributed by atoms with Crippen LogP contribution in [0.2, 0.25) is 10.0 Å². The lowest BCUT2D eigenvalue weighted by atomic mass is 10.2. The second-order valence-corrected chi connectivity index (χ2v) is 5.38. The second-order valence-electron chi connectivity index (χ2n) is 4.03. The van der Waals surface area contributed by atoms with Crippen LogP contribution in [-0.4, -0.2) is 27.4 Å². The summed E-state index contributed by atoms with van der Waals surface area (Å²) in [5.41, 5.74) is 1.69. The van der Waals surface area contributed by atoms with Gasteiger partial charge in [0.25, 0.3) is 0 Å². The first-order valence-electron chi connectivity index (χ1n) is 6.11. The van der Waals surface area contributed by atoms with E-state index in [1.807, 2.05) is 6.92 Å². The van der Waals surface area contributed by atoms with E-state index >= 15 is 0 Å². The second kappa shape index (κ2) is 6.56. The molecule has 2 aromatic rings. The fourth-order valence-electron chi connectivity index (χ4n) is 1.76. The van der Waals surface area contributed by atoms with Crippen molar-refractivity contribution in [2.24, 2.45) is 0 Å². The van der Waals surface area contributed by atoms with Gasteiger partial charge in [-0.25, -0.2) is 4.79 Å². The van der Waals surface area contributed by atoms with Gasteiger partial charge >= 0.3 is 5.97 Å². The number of benzene rings is 1. The Balaban J connectivity index is 2.37. The molecule has 0 spiro atoms. The molecule has 0 radical (unpaired) electrons. The van der Waals surface area contributed by atoms with Crippen molar-refractivity contribution in [2.75, 3.05) is 11.9 Å². The minimum atomic E-state index is -0.487. The molecule has 0 saturated carbocycles. The van der Waals surface area contributed by atoms with E-state index in [0.29, 0.717) is 39.8 Å². The van der Waals surface area contributed by atoms with Crippen molar-refractivity contribution in [1.82, 2.24) is 8.75 Å². The monoisotopic (exact) mass is 333 g/mol. The van der Waals surface area contributed by atoms with Gasteiger partial charge in [-0.15, -0.1) is 0 Å². The highest BCUT2D eigenvalue weighted by Crippen LogP contribution is 2.35. The third-order valence-corrected chi connectivity index (χ3v) is 3.86. The molecule has 0 amide bonds. The molecule has 1 heterocycles. The van der Waals surface area contributed by atoms with Crippen LogP contribution in [0.4, 0.5) is 5.69 Å². The van der Waals surface area contributed by atoms with Crippen molar-refractivity contribution in [1.29, 1.82) is 0 Å². The summed E-state index contributed by atoms with van der Waals surface area (Å²) in [5, 5.41) is 3.92. The minimum absolute atomic E-state index is 0.322. The maximum atomic E-state index is 11.8. The summed E-state index contributed by atoms with van der Waals surface area (Å²) in [5.74, 6) is -0.322. The lowest BCUT2D eigenvalue weighted by Crippen LogP contribution is -2.30. The molecule has 0 aliphatic carbocycles. The van der Waals surface area contributed by atoms with Crippen LogP contribution in [0.3, 0.4) is 0 Å². The molecule has 5 nitrogen and oxygen atoms in total. The fraction of sp³-hybridized carbons (Fsp3) is 0.417. The lowest BCUT2D eigenvalue weighted by molar-refractivity contribution is -0.144. The number of hydrogen-bond acceptors (Lipinski definition) is 6.